The van der Waals surface area contributed by atoms with Gasteiger partial charge >= 0.3 is 0 Å². The Hall–Kier alpha value is -3.69. The minimum Gasteiger partial charge on any atom is -0.264 e. The van der Waals surface area contributed by atoms with E-state index in [0.717, 1.165) is 16.7 Å². The second-order valence-corrected chi connectivity index (χ2v) is 7.37. The number of benzene rings is 2. The van der Waals surface area contributed by atoms with Gasteiger partial charge in [0.25, 0.3) is 0 Å². The van der Waals surface area contributed by atoms with E-state index in [1.807, 2.05) is 54.9 Å². The maximum absolute atomic E-state index is 9.00. The molecule has 29 heavy (non-hydrogen) atoms. The van der Waals surface area contributed by atoms with Gasteiger partial charge in [-0.2, -0.15) is 10.5 Å². The van der Waals surface area contributed by atoms with E-state index < -0.39 is 5.92 Å². The van der Waals surface area contributed by atoms with Gasteiger partial charge in [-0.15, -0.1) is 0 Å². The molecule has 0 N–H and O–H groups in total. The molecule has 0 aliphatic heterocycles. The molecule has 0 aliphatic carbocycles. The number of rotatable bonds is 4. The number of pyridine rings is 1. The summed E-state index contributed by atoms with van der Waals surface area (Å²) in [5.74, 6) is -0.717. The zero-order valence-corrected chi connectivity index (χ0v) is 17.2. The van der Waals surface area contributed by atoms with E-state index in [1.54, 1.807) is 0 Å². The van der Waals surface area contributed by atoms with Crippen molar-refractivity contribution in [1.82, 2.24) is 4.98 Å². The van der Waals surface area contributed by atoms with E-state index in [-0.39, 0.29) is 0 Å². The lowest BCUT2D eigenvalue weighted by molar-refractivity contribution is 1.10. The quantitative estimate of drug-likeness (QED) is 0.502. The Labute approximate surface area is 172 Å². The molecule has 3 aromatic rings. The van der Waals surface area contributed by atoms with Crippen molar-refractivity contribution in [2.45, 2.75) is 33.6 Å². The van der Waals surface area contributed by atoms with Crippen molar-refractivity contribution in [3.05, 3.63) is 87.7 Å². The number of hydrogen-bond acceptors (Lipinski definition) is 3. The molecule has 3 heteroatoms. The van der Waals surface area contributed by atoms with Crippen LogP contribution in [0.25, 0.3) is 23.3 Å². The van der Waals surface area contributed by atoms with Crippen molar-refractivity contribution >= 4 is 12.2 Å². The van der Waals surface area contributed by atoms with Crippen molar-refractivity contribution < 1.29 is 0 Å². The molecule has 0 saturated carbocycles. The zero-order valence-electron chi connectivity index (χ0n) is 17.2. The summed E-state index contributed by atoms with van der Waals surface area (Å²) in [7, 11) is 0. The smallest absolute Gasteiger partial charge is 0.158 e. The molecule has 0 radical (unpaired) electrons. The lowest BCUT2D eigenvalue weighted by atomic mass is 9.89. The first-order valence-electron chi connectivity index (χ1n) is 9.54. The van der Waals surface area contributed by atoms with Crippen molar-refractivity contribution in [2.24, 2.45) is 0 Å². The van der Waals surface area contributed by atoms with Crippen LogP contribution in [0.1, 0.15) is 44.9 Å². The predicted octanol–water partition coefficient (Wildman–Crippen LogP) is 6.28. The van der Waals surface area contributed by atoms with Crippen LogP contribution >= 0.6 is 0 Å². The number of aromatic nitrogens is 1. The van der Waals surface area contributed by atoms with Crippen molar-refractivity contribution in [3.8, 4) is 23.3 Å². The molecule has 0 fully saturated rings. The Balaban J connectivity index is 1.90. The summed E-state index contributed by atoms with van der Waals surface area (Å²) in [5.41, 5.74) is 10.3. The van der Waals surface area contributed by atoms with Crippen LogP contribution in [0.5, 0.6) is 0 Å². The summed E-state index contributed by atoms with van der Waals surface area (Å²) in [6.45, 7) is 8.51. The first kappa shape index (κ1) is 20.1. The average Bonchev–Trinajstić information content (AvgIpc) is 2.70. The second kappa shape index (κ2) is 8.55. The maximum atomic E-state index is 9.00. The van der Waals surface area contributed by atoms with Gasteiger partial charge in [-0.3, -0.25) is 4.98 Å². The van der Waals surface area contributed by atoms with Gasteiger partial charge in [0.2, 0.25) is 0 Å². The average molecular weight is 377 g/mol. The largest absolute Gasteiger partial charge is 0.264 e. The first-order chi connectivity index (χ1) is 13.9. The fraction of sp³-hybridized carbons (Fsp3) is 0.192. The number of aryl methyl sites for hydroxylation is 4. The van der Waals surface area contributed by atoms with Crippen LogP contribution in [-0.2, 0) is 0 Å². The van der Waals surface area contributed by atoms with Crippen LogP contribution in [0.4, 0.5) is 0 Å². The fourth-order valence-electron chi connectivity index (χ4n) is 3.75. The monoisotopic (exact) mass is 377 g/mol. The Kier molecular flexibility index (Phi) is 5.91. The summed E-state index contributed by atoms with van der Waals surface area (Å²) in [6.07, 6.45) is 7.98. The van der Waals surface area contributed by atoms with Crippen LogP contribution in [0.15, 0.2) is 48.8 Å². The Morgan fingerprint density at radius 1 is 0.724 bits per heavy atom. The van der Waals surface area contributed by atoms with E-state index >= 15 is 0 Å². The van der Waals surface area contributed by atoms with E-state index in [0.29, 0.717) is 0 Å². The second-order valence-electron chi connectivity index (χ2n) is 7.37. The van der Waals surface area contributed by atoms with Gasteiger partial charge in [0.1, 0.15) is 0 Å². The topological polar surface area (TPSA) is 60.5 Å². The minimum atomic E-state index is -0.717. The molecule has 1 heterocycles. The van der Waals surface area contributed by atoms with Crippen LogP contribution in [0.2, 0.25) is 0 Å². The molecule has 3 nitrogen and oxygen atoms in total. The normalized spacial score (nSPS) is 10.9. The first-order valence-corrected chi connectivity index (χ1v) is 9.54. The third-order valence-electron chi connectivity index (χ3n) is 5.13. The molecule has 0 unspecified atom stereocenters. The molecule has 0 spiro atoms. The molecule has 2 aromatic carbocycles. The van der Waals surface area contributed by atoms with Gasteiger partial charge in [0.05, 0.1) is 12.1 Å². The standard InChI is InChI=1S/C26H23N3/c1-17-11-22(6-5-21-7-9-23(10-8-21)24(13-27)14-28)12-18(2)25(17)26-19(3)15-29-16-20(26)4/h5-12,15-16,24H,1-4H3. The maximum Gasteiger partial charge on any atom is 0.158 e. The lowest BCUT2D eigenvalue weighted by Crippen LogP contribution is -1.96. The van der Waals surface area contributed by atoms with Crippen molar-refractivity contribution in [2.75, 3.05) is 0 Å². The van der Waals surface area contributed by atoms with Crippen LogP contribution in [0.3, 0.4) is 0 Å². The summed E-state index contributed by atoms with van der Waals surface area (Å²) < 4.78 is 0. The Morgan fingerprint density at radius 2 is 1.21 bits per heavy atom. The van der Waals surface area contributed by atoms with Crippen LogP contribution in [0, 0.1) is 50.4 Å². The molecule has 0 saturated heterocycles. The molecule has 0 amide bonds. The predicted molar refractivity (Wildman–Crippen MR) is 118 cm³/mol. The van der Waals surface area contributed by atoms with Gasteiger partial charge < -0.3 is 0 Å². The summed E-state index contributed by atoms with van der Waals surface area (Å²) in [5, 5.41) is 18.0. The highest BCUT2D eigenvalue weighted by atomic mass is 14.6. The molecular formula is C26H23N3. The minimum absolute atomic E-state index is 0.717. The van der Waals surface area contributed by atoms with E-state index in [9.17, 15) is 0 Å². The third-order valence-corrected chi connectivity index (χ3v) is 5.13. The molecule has 0 aliphatic rings. The molecule has 1 aromatic heterocycles. The van der Waals surface area contributed by atoms with Gasteiger partial charge in [0, 0.05) is 12.4 Å². The Bertz CT molecular complexity index is 1100. The number of nitriles is 2. The van der Waals surface area contributed by atoms with Gasteiger partial charge in [0.15, 0.2) is 5.92 Å². The molecule has 3 rings (SSSR count). The SMILES string of the molecule is Cc1cncc(C)c1-c1c(C)cc(C=Cc2ccc(C(C#N)C#N)cc2)cc1C. The summed E-state index contributed by atoms with van der Waals surface area (Å²) in [4.78, 5) is 4.29. The van der Waals surface area contributed by atoms with E-state index in [4.69, 9.17) is 10.5 Å². The Morgan fingerprint density at radius 3 is 1.72 bits per heavy atom. The highest BCUT2D eigenvalue weighted by molar-refractivity contribution is 5.79. The fourth-order valence-corrected chi connectivity index (χ4v) is 3.75. The summed E-state index contributed by atoms with van der Waals surface area (Å²) >= 11 is 0. The molecular weight excluding hydrogens is 354 g/mol. The highest BCUT2D eigenvalue weighted by Gasteiger charge is 2.12. The van der Waals surface area contributed by atoms with Crippen LogP contribution in [-0.4, -0.2) is 4.98 Å². The summed E-state index contributed by atoms with van der Waals surface area (Å²) in [6, 6.07) is 16.0. The van der Waals surface area contributed by atoms with Gasteiger partial charge in [-0.05, 0) is 77.8 Å². The van der Waals surface area contributed by atoms with Gasteiger partial charge in [-0.1, -0.05) is 48.6 Å². The number of nitrogens with zero attached hydrogens (tertiary/aromatic N) is 3. The van der Waals surface area contributed by atoms with Gasteiger partial charge in [-0.25, -0.2) is 0 Å². The molecule has 0 bridgehead atoms. The zero-order chi connectivity index (χ0) is 21.0. The molecule has 0 atom stereocenters. The number of hydrogen-bond donors (Lipinski definition) is 0. The molecule has 142 valence electrons. The van der Waals surface area contributed by atoms with E-state index in [1.165, 1.54) is 33.4 Å². The van der Waals surface area contributed by atoms with Crippen LogP contribution < -0.4 is 0 Å². The highest BCUT2D eigenvalue weighted by Crippen LogP contribution is 2.33. The third kappa shape index (κ3) is 4.26. The lowest BCUT2D eigenvalue weighted by Gasteiger charge is -2.16. The van der Waals surface area contributed by atoms with Crippen molar-refractivity contribution in [1.29, 1.82) is 10.5 Å². The van der Waals surface area contributed by atoms with Crippen molar-refractivity contribution in [3.63, 3.8) is 0 Å². The van der Waals surface area contributed by atoms with E-state index in [2.05, 4.69) is 50.9 Å².